The zero-order valence-corrected chi connectivity index (χ0v) is 11.7. The van der Waals surface area contributed by atoms with E-state index in [-0.39, 0.29) is 16.7 Å². The van der Waals surface area contributed by atoms with Crippen molar-refractivity contribution in [2.75, 3.05) is 14.2 Å². The number of rotatable bonds is 4. The molecule has 5 nitrogen and oxygen atoms in total. The van der Waals surface area contributed by atoms with Gasteiger partial charge in [0.25, 0.3) is 5.78 Å². The Morgan fingerprint density at radius 2 is 1.68 bits per heavy atom. The summed E-state index contributed by atoms with van der Waals surface area (Å²) in [7, 11) is 2.87. The number of carbonyl (C=O) groups is 2. The van der Waals surface area contributed by atoms with Crippen LogP contribution >= 0.6 is 0 Å². The van der Waals surface area contributed by atoms with Crippen molar-refractivity contribution in [1.82, 2.24) is 0 Å². The Bertz CT molecular complexity index is 511. The summed E-state index contributed by atoms with van der Waals surface area (Å²) < 4.78 is 10.4. The predicted molar refractivity (Wildman–Crippen MR) is 70.2 cm³/mol. The minimum absolute atomic E-state index is 0.000671. The third kappa shape index (κ3) is 3.05. The molecule has 0 aliphatic carbocycles. The lowest BCUT2D eigenvalue weighted by molar-refractivity contribution is -0.131. The molecule has 1 aromatic rings. The number of carboxylic acid groups (broad SMARTS) is 1. The van der Waals surface area contributed by atoms with Crippen molar-refractivity contribution in [3.8, 4) is 11.5 Å². The first-order chi connectivity index (χ1) is 8.72. The van der Waals surface area contributed by atoms with Gasteiger partial charge in [-0.1, -0.05) is 20.8 Å². The molecule has 1 aromatic carbocycles. The summed E-state index contributed by atoms with van der Waals surface area (Å²) in [5.74, 6) is -1.83. The van der Waals surface area contributed by atoms with Gasteiger partial charge in [-0.25, -0.2) is 4.79 Å². The van der Waals surface area contributed by atoms with Gasteiger partial charge in [-0.05, 0) is 17.5 Å². The van der Waals surface area contributed by atoms with E-state index in [2.05, 4.69) is 0 Å². The highest BCUT2D eigenvalue weighted by Crippen LogP contribution is 2.37. The van der Waals surface area contributed by atoms with Gasteiger partial charge in [-0.2, -0.15) is 0 Å². The van der Waals surface area contributed by atoms with Crippen LogP contribution in [0.4, 0.5) is 0 Å². The number of Topliss-reactive ketones (excluding diaryl/α,β-unsaturated/α-hetero) is 1. The van der Waals surface area contributed by atoms with Crippen molar-refractivity contribution in [3.63, 3.8) is 0 Å². The fourth-order valence-electron chi connectivity index (χ4n) is 1.78. The highest BCUT2D eigenvalue weighted by molar-refractivity contribution is 6.40. The van der Waals surface area contributed by atoms with Gasteiger partial charge in [0.15, 0.2) is 0 Å². The van der Waals surface area contributed by atoms with Crippen LogP contribution in [0.15, 0.2) is 12.1 Å². The molecule has 0 radical (unpaired) electrons. The van der Waals surface area contributed by atoms with Crippen molar-refractivity contribution in [1.29, 1.82) is 0 Å². The first-order valence-electron chi connectivity index (χ1n) is 5.76. The molecular weight excluding hydrogens is 248 g/mol. The normalized spacial score (nSPS) is 11.0. The van der Waals surface area contributed by atoms with Gasteiger partial charge in [0.05, 0.1) is 19.8 Å². The van der Waals surface area contributed by atoms with Crippen LogP contribution < -0.4 is 9.47 Å². The number of hydrogen-bond donors (Lipinski definition) is 1. The van der Waals surface area contributed by atoms with Crippen molar-refractivity contribution in [3.05, 3.63) is 23.3 Å². The Morgan fingerprint density at radius 1 is 1.11 bits per heavy atom. The number of benzene rings is 1. The molecule has 0 unspecified atom stereocenters. The molecule has 0 saturated carbocycles. The number of methoxy groups -OCH3 is 2. The van der Waals surface area contributed by atoms with Crippen LogP contribution in [-0.4, -0.2) is 31.1 Å². The summed E-state index contributed by atoms with van der Waals surface area (Å²) in [5.41, 5.74) is 0.408. The van der Waals surface area contributed by atoms with Crippen molar-refractivity contribution in [2.45, 2.75) is 26.2 Å². The summed E-state index contributed by atoms with van der Waals surface area (Å²) in [6.45, 7) is 5.83. The third-order valence-electron chi connectivity index (χ3n) is 2.75. The highest BCUT2D eigenvalue weighted by Gasteiger charge is 2.28. The van der Waals surface area contributed by atoms with E-state index < -0.39 is 11.8 Å². The molecule has 1 rings (SSSR count). The minimum Gasteiger partial charge on any atom is -0.497 e. The molecule has 104 valence electrons. The van der Waals surface area contributed by atoms with Crippen LogP contribution in [0.2, 0.25) is 0 Å². The molecule has 0 amide bonds. The molecule has 0 fully saturated rings. The second-order valence-electron chi connectivity index (χ2n) is 5.14. The quantitative estimate of drug-likeness (QED) is 0.668. The number of carboxylic acids is 1. The molecule has 0 aliphatic heterocycles. The first kappa shape index (κ1) is 15.0. The first-order valence-corrected chi connectivity index (χ1v) is 5.76. The largest absolute Gasteiger partial charge is 0.497 e. The third-order valence-corrected chi connectivity index (χ3v) is 2.75. The molecule has 5 heteroatoms. The maximum absolute atomic E-state index is 11.7. The lowest BCUT2D eigenvalue weighted by atomic mass is 9.84. The molecule has 0 spiro atoms. The number of ether oxygens (including phenoxy) is 2. The SMILES string of the molecule is COc1cc(C(=O)C(=O)O)c(OC)c(C(C)(C)C)c1. The molecule has 0 heterocycles. The van der Waals surface area contributed by atoms with E-state index in [1.807, 2.05) is 20.8 Å². The van der Waals surface area contributed by atoms with E-state index in [0.717, 1.165) is 5.56 Å². The van der Waals surface area contributed by atoms with Crippen LogP contribution in [-0.2, 0) is 10.2 Å². The zero-order chi connectivity index (χ0) is 14.8. The standard InChI is InChI=1S/C14H18O5/c1-14(2,3)10-7-8(18-4)6-9(12(10)19-5)11(15)13(16)17/h6-7H,1-5H3,(H,16,17). The summed E-state index contributed by atoms with van der Waals surface area (Å²) in [6.07, 6.45) is 0. The molecule has 0 atom stereocenters. The number of hydrogen-bond acceptors (Lipinski definition) is 4. The van der Waals surface area contributed by atoms with E-state index in [1.165, 1.54) is 20.3 Å². The molecule has 1 N–H and O–H groups in total. The summed E-state index contributed by atoms with van der Waals surface area (Å²) in [4.78, 5) is 22.6. The Labute approximate surface area is 112 Å². The van der Waals surface area contributed by atoms with Gasteiger partial charge < -0.3 is 14.6 Å². The molecule has 0 bridgehead atoms. The van der Waals surface area contributed by atoms with E-state index in [9.17, 15) is 9.59 Å². The summed E-state index contributed by atoms with van der Waals surface area (Å²) in [5, 5.41) is 8.87. The van der Waals surface area contributed by atoms with Crippen molar-refractivity contribution < 1.29 is 24.2 Å². The van der Waals surface area contributed by atoms with Crippen LogP contribution in [0, 0.1) is 0 Å². The average molecular weight is 266 g/mol. The topological polar surface area (TPSA) is 72.8 Å². The van der Waals surface area contributed by atoms with Crippen LogP contribution in [0.25, 0.3) is 0 Å². The fraction of sp³-hybridized carbons (Fsp3) is 0.429. The average Bonchev–Trinajstić information content (AvgIpc) is 2.34. The van der Waals surface area contributed by atoms with Crippen molar-refractivity contribution >= 4 is 11.8 Å². The number of carbonyl (C=O) groups excluding carboxylic acids is 1. The molecule has 19 heavy (non-hydrogen) atoms. The zero-order valence-electron chi connectivity index (χ0n) is 11.7. The second-order valence-corrected chi connectivity index (χ2v) is 5.14. The van der Waals surface area contributed by atoms with E-state index in [4.69, 9.17) is 14.6 Å². The maximum atomic E-state index is 11.7. The Hall–Kier alpha value is -2.04. The predicted octanol–water partition coefficient (Wildman–Crippen LogP) is 2.27. The van der Waals surface area contributed by atoms with E-state index in [0.29, 0.717) is 5.75 Å². The highest BCUT2D eigenvalue weighted by atomic mass is 16.5. The van der Waals surface area contributed by atoms with Gasteiger partial charge in [0.2, 0.25) is 0 Å². The van der Waals surface area contributed by atoms with Gasteiger partial charge in [0.1, 0.15) is 11.5 Å². The molecule has 0 aromatic heterocycles. The Kier molecular flexibility index (Phi) is 4.19. The van der Waals surface area contributed by atoms with Crippen LogP contribution in [0.3, 0.4) is 0 Å². The minimum atomic E-state index is -1.52. The van der Waals surface area contributed by atoms with Crippen molar-refractivity contribution in [2.24, 2.45) is 0 Å². The van der Waals surface area contributed by atoms with Gasteiger partial charge in [-0.15, -0.1) is 0 Å². The number of ketones is 1. The lowest BCUT2D eigenvalue weighted by Crippen LogP contribution is -2.19. The van der Waals surface area contributed by atoms with Gasteiger partial charge in [-0.3, -0.25) is 4.79 Å². The fourth-order valence-corrected chi connectivity index (χ4v) is 1.78. The van der Waals surface area contributed by atoms with Crippen LogP contribution in [0.1, 0.15) is 36.7 Å². The lowest BCUT2D eigenvalue weighted by Gasteiger charge is -2.24. The summed E-state index contributed by atoms with van der Waals surface area (Å²) >= 11 is 0. The van der Waals surface area contributed by atoms with Crippen LogP contribution in [0.5, 0.6) is 11.5 Å². The van der Waals surface area contributed by atoms with E-state index in [1.54, 1.807) is 6.07 Å². The summed E-state index contributed by atoms with van der Waals surface area (Å²) in [6, 6.07) is 3.13. The Balaban J connectivity index is 3.62. The Morgan fingerprint density at radius 3 is 2.05 bits per heavy atom. The molecule has 0 saturated heterocycles. The molecule has 0 aliphatic rings. The smallest absolute Gasteiger partial charge is 0.377 e. The number of aliphatic carboxylic acids is 1. The van der Waals surface area contributed by atoms with Gasteiger partial charge in [0, 0.05) is 5.56 Å². The monoisotopic (exact) mass is 266 g/mol. The van der Waals surface area contributed by atoms with E-state index >= 15 is 0 Å². The maximum Gasteiger partial charge on any atom is 0.377 e. The second kappa shape index (κ2) is 5.30. The molecular formula is C14H18O5. The van der Waals surface area contributed by atoms with Gasteiger partial charge >= 0.3 is 5.97 Å².